The highest BCUT2D eigenvalue weighted by Gasteiger charge is 2.45. The Balaban J connectivity index is 1.61. The van der Waals surface area contributed by atoms with E-state index in [-0.39, 0.29) is 0 Å². The van der Waals surface area contributed by atoms with E-state index in [9.17, 15) is 18.0 Å². The Morgan fingerprint density at radius 1 is 1.03 bits per heavy atom. The van der Waals surface area contributed by atoms with Gasteiger partial charge in [0.05, 0.1) is 5.56 Å². The fourth-order valence-electron chi connectivity index (χ4n) is 4.72. The quantitative estimate of drug-likeness (QED) is 0.515. The summed E-state index contributed by atoms with van der Waals surface area (Å²) in [5.74, 6) is 0.584. The van der Waals surface area contributed by atoms with Gasteiger partial charge in [-0.05, 0) is 47.9 Å². The van der Waals surface area contributed by atoms with Gasteiger partial charge in [0, 0.05) is 50.0 Å². The fourth-order valence-corrected chi connectivity index (χ4v) is 4.85. The molecule has 0 aliphatic carbocycles. The lowest BCUT2D eigenvalue weighted by Gasteiger charge is -2.37. The Bertz CT molecular complexity index is 992. The highest BCUT2D eigenvalue weighted by atomic mass is 35.5. The topological polar surface area (TPSA) is 36.0 Å². The van der Waals surface area contributed by atoms with Crippen LogP contribution in [0.1, 0.15) is 31.0 Å². The zero-order chi connectivity index (χ0) is 24.5. The van der Waals surface area contributed by atoms with Crippen LogP contribution in [0.15, 0.2) is 48.5 Å². The third-order valence-corrected chi connectivity index (χ3v) is 6.52. The van der Waals surface area contributed by atoms with Gasteiger partial charge in [-0.25, -0.2) is 4.79 Å². The van der Waals surface area contributed by atoms with E-state index in [0.29, 0.717) is 28.7 Å². The van der Waals surface area contributed by atoms with Gasteiger partial charge in [0.25, 0.3) is 0 Å². The highest BCUT2D eigenvalue weighted by molar-refractivity contribution is 6.30. The van der Waals surface area contributed by atoms with Crippen LogP contribution in [0.5, 0.6) is 0 Å². The van der Waals surface area contributed by atoms with Gasteiger partial charge in [0.1, 0.15) is 12.1 Å². The number of amides is 1. The van der Waals surface area contributed by atoms with Gasteiger partial charge in [-0.2, -0.15) is 13.2 Å². The number of hydrogen-bond acceptors (Lipinski definition) is 4. The molecule has 0 aromatic heterocycles. The summed E-state index contributed by atoms with van der Waals surface area (Å²) in [7, 11) is 0. The number of piperazine rings is 1. The van der Waals surface area contributed by atoms with E-state index in [1.54, 1.807) is 30.3 Å². The van der Waals surface area contributed by atoms with E-state index >= 15 is 0 Å². The van der Waals surface area contributed by atoms with Gasteiger partial charge in [-0.3, -0.25) is 9.80 Å². The maximum absolute atomic E-state index is 13.5. The summed E-state index contributed by atoms with van der Waals surface area (Å²) in [6, 6.07) is 11.1. The summed E-state index contributed by atoms with van der Waals surface area (Å²) in [5.41, 5.74) is 0.168. The number of benzene rings is 2. The monoisotopic (exact) mass is 495 g/mol. The predicted octanol–water partition coefficient (Wildman–Crippen LogP) is 5.70. The van der Waals surface area contributed by atoms with E-state index in [1.165, 1.54) is 11.0 Å². The van der Waals surface area contributed by atoms with Gasteiger partial charge in [-0.15, -0.1) is 0 Å². The number of cyclic esters (lactones) is 1. The van der Waals surface area contributed by atoms with Gasteiger partial charge >= 0.3 is 12.3 Å². The molecule has 2 aliphatic rings. The zero-order valence-electron chi connectivity index (χ0n) is 19.3. The average Bonchev–Trinajstić information content (AvgIpc) is 3.10. The van der Waals surface area contributed by atoms with Crippen molar-refractivity contribution in [2.45, 2.75) is 32.2 Å². The molecule has 34 heavy (non-hydrogen) atoms. The van der Waals surface area contributed by atoms with Crippen molar-refractivity contribution in [2.75, 3.05) is 44.2 Å². The number of rotatable bonds is 6. The maximum Gasteiger partial charge on any atom is 0.416 e. The lowest BCUT2D eigenvalue weighted by Crippen LogP contribution is -2.50. The number of hydrogen-bond donors (Lipinski definition) is 0. The molecule has 0 N–H and O–H groups in total. The van der Waals surface area contributed by atoms with Crippen LogP contribution in [0.2, 0.25) is 5.02 Å². The Kier molecular flexibility index (Phi) is 7.40. The summed E-state index contributed by atoms with van der Waals surface area (Å²) in [6.45, 7) is 9.32. The van der Waals surface area contributed by atoms with Crippen LogP contribution in [-0.4, -0.2) is 61.3 Å². The number of carbonyl (C=O) groups excluding carboxylic acids is 1. The molecule has 2 aromatic carbocycles. The van der Waals surface area contributed by atoms with Crippen LogP contribution < -0.4 is 4.90 Å². The van der Waals surface area contributed by atoms with Crippen LogP contribution >= 0.6 is 11.6 Å². The van der Waals surface area contributed by atoms with Crippen molar-refractivity contribution in [3.8, 4) is 0 Å². The van der Waals surface area contributed by atoms with Crippen molar-refractivity contribution in [1.29, 1.82) is 0 Å². The van der Waals surface area contributed by atoms with Crippen molar-refractivity contribution in [1.82, 2.24) is 9.80 Å². The molecule has 0 spiro atoms. The number of carbonyl (C=O) groups is 1. The molecule has 5 nitrogen and oxygen atoms in total. The fraction of sp³-hybridized carbons (Fsp3) is 0.480. The van der Waals surface area contributed by atoms with Gasteiger partial charge in [0.15, 0.2) is 0 Å². The number of ether oxygens (including phenoxy) is 1. The van der Waals surface area contributed by atoms with Crippen molar-refractivity contribution < 1.29 is 22.7 Å². The van der Waals surface area contributed by atoms with E-state index < -0.39 is 30.0 Å². The summed E-state index contributed by atoms with van der Waals surface area (Å²) in [4.78, 5) is 19.0. The summed E-state index contributed by atoms with van der Waals surface area (Å²) >= 11 is 6.01. The lowest BCUT2D eigenvalue weighted by molar-refractivity contribution is -0.137. The minimum atomic E-state index is -4.48. The molecule has 0 saturated carbocycles. The van der Waals surface area contributed by atoms with Crippen molar-refractivity contribution in [3.63, 3.8) is 0 Å². The summed E-state index contributed by atoms with van der Waals surface area (Å²) in [5, 5.41) is 0.503. The second kappa shape index (κ2) is 10.1. The predicted molar refractivity (Wildman–Crippen MR) is 126 cm³/mol. The highest BCUT2D eigenvalue weighted by Crippen LogP contribution is 2.40. The zero-order valence-corrected chi connectivity index (χ0v) is 20.0. The van der Waals surface area contributed by atoms with Crippen molar-refractivity contribution in [3.05, 3.63) is 64.7 Å². The lowest BCUT2D eigenvalue weighted by atomic mass is 9.97. The van der Waals surface area contributed by atoms with Crippen molar-refractivity contribution >= 4 is 23.4 Å². The first kappa shape index (κ1) is 24.8. The minimum absolute atomic E-state index is 0.388. The van der Waals surface area contributed by atoms with Gasteiger partial charge in [-0.1, -0.05) is 37.6 Å². The first-order valence-electron chi connectivity index (χ1n) is 11.5. The molecule has 2 atom stereocenters. The van der Waals surface area contributed by atoms with Gasteiger partial charge < -0.3 is 9.64 Å². The van der Waals surface area contributed by atoms with E-state index in [0.717, 1.165) is 44.9 Å². The Morgan fingerprint density at radius 2 is 1.68 bits per heavy atom. The molecule has 2 aromatic rings. The summed E-state index contributed by atoms with van der Waals surface area (Å²) < 4.78 is 46.1. The van der Waals surface area contributed by atoms with Crippen molar-refractivity contribution in [2.24, 2.45) is 5.92 Å². The molecule has 2 heterocycles. The Labute approximate surface area is 203 Å². The molecule has 2 aliphatic heterocycles. The number of anilines is 1. The molecule has 9 heteroatoms. The molecule has 2 saturated heterocycles. The van der Waals surface area contributed by atoms with Crippen LogP contribution in [0.4, 0.5) is 23.7 Å². The molecule has 1 amide bonds. The Hall–Kier alpha value is -2.29. The maximum atomic E-state index is 13.5. The standard InChI is InChI=1S/C25H29ClF3N3O2/c1-17(2)15-30-10-12-31(13-11-30)16-22-23(18-4-3-5-19(14-18)25(27,28)29)32(24(33)34-22)21-8-6-20(26)7-9-21/h3-9,14,17,22-23H,10-13,15-16H2,1-2H3/t22-,23-/m0/s1. The van der Waals surface area contributed by atoms with Gasteiger partial charge in [0.2, 0.25) is 0 Å². The minimum Gasteiger partial charge on any atom is -0.442 e. The molecule has 0 bridgehead atoms. The SMILES string of the molecule is CC(C)CN1CCN(C[C@@H]2OC(=O)N(c3ccc(Cl)cc3)[C@H]2c2cccc(C(F)(F)F)c2)CC1. The van der Waals surface area contributed by atoms with Crippen LogP contribution in [-0.2, 0) is 10.9 Å². The summed E-state index contributed by atoms with van der Waals surface area (Å²) in [6.07, 6.45) is -5.66. The molecule has 0 radical (unpaired) electrons. The molecule has 184 valence electrons. The third-order valence-electron chi connectivity index (χ3n) is 6.27. The van der Waals surface area contributed by atoms with E-state index in [4.69, 9.17) is 16.3 Å². The second-order valence-corrected chi connectivity index (χ2v) is 9.77. The molecule has 0 unspecified atom stereocenters. The third kappa shape index (κ3) is 5.67. The van der Waals surface area contributed by atoms with Crippen LogP contribution in [0.3, 0.4) is 0 Å². The average molecular weight is 496 g/mol. The first-order valence-corrected chi connectivity index (χ1v) is 11.9. The second-order valence-electron chi connectivity index (χ2n) is 9.33. The largest absolute Gasteiger partial charge is 0.442 e. The van der Waals surface area contributed by atoms with Crippen LogP contribution in [0, 0.1) is 5.92 Å². The van der Waals surface area contributed by atoms with E-state index in [1.807, 2.05) is 0 Å². The number of halogens is 4. The molecule has 4 rings (SSSR count). The number of alkyl halides is 3. The molecular weight excluding hydrogens is 467 g/mol. The van der Waals surface area contributed by atoms with E-state index in [2.05, 4.69) is 23.6 Å². The van der Waals surface area contributed by atoms with Crippen LogP contribution in [0.25, 0.3) is 0 Å². The Morgan fingerprint density at radius 3 is 2.29 bits per heavy atom. The smallest absolute Gasteiger partial charge is 0.416 e. The molecule has 2 fully saturated rings. The molecular formula is C25H29ClF3N3O2. The number of nitrogens with zero attached hydrogens (tertiary/aromatic N) is 3. The first-order chi connectivity index (χ1) is 16.1. The normalized spacial score (nSPS) is 22.4.